The zero-order valence-corrected chi connectivity index (χ0v) is 11.5. The Morgan fingerprint density at radius 3 is 2.32 bits per heavy atom. The van der Waals surface area contributed by atoms with Crippen LogP contribution in [0.4, 0.5) is 13.2 Å². The maximum Gasteiger partial charge on any atom is 0.417 e. The van der Waals surface area contributed by atoms with E-state index in [1.54, 1.807) is 18.2 Å². The predicted molar refractivity (Wildman–Crippen MR) is 70.9 cm³/mol. The van der Waals surface area contributed by atoms with Gasteiger partial charge in [0.25, 0.3) is 5.91 Å². The Labute approximate surface area is 124 Å². The van der Waals surface area contributed by atoms with Gasteiger partial charge in [0.2, 0.25) is 0 Å². The van der Waals surface area contributed by atoms with Crippen molar-refractivity contribution in [2.45, 2.75) is 18.3 Å². The van der Waals surface area contributed by atoms with Crippen LogP contribution in [0, 0.1) is 0 Å². The molecule has 0 radical (unpaired) electrons. The summed E-state index contributed by atoms with van der Waals surface area (Å²) in [6.45, 7) is 0. The number of alkyl halides is 3. The van der Waals surface area contributed by atoms with E-state index in [1.807, 2.05) is 0 Å². The summed E-state index contributed by atoms with van der Waals surface area (Å²) in [6.07, 6.45) is -6.51. The van der Waals surface area contributed by atoms with Crippen molar-refractivity contribution >= 4 is 11.9 Å². The van der Waals surface area contributed by atoms with Crippen LogP contribution in [0.3, 0.4) is 0 Å². The summed E-state index contributed by atoms with van der Waals surface area (Å²) in [4.78, 5) is 23.4. The maximum atomic E-state index is 12.2. The number of hydrogen-bond acceptors (Lipinski definition) is 4. The Morgan fingerprint density at radius 1 is 1.23 bits per heavy atom. The van der Waals surface area contributed by atoms with Gasteiger partial charge in [-0.05, 0) is 18.2 Å². The number of carbonyl (C=O) groups is 2. The third-order valence-electron chi connectivity index (χ3n) is 2.60. The van der Waals surface area contributed by atoms with Crippen LogP contribution in [0.15, 0.2) is 42.5 Å². The normalized spacial score (nSPS) is 14.4. The third kappa shape index (κ3) is 5.21. The summed E-state index contributed by atoms with van der Waals surface area (Å²) < 4.78 is 41.0. The molecule has 1 rings (SSSR count). The van der Waals surface area contributed by atoms with E-state index < -0.39 is 30.2 Å². The lowest BCUT2D eigenvalue weighted by Crippen LogP contribution is -2.40. The van der Waals surface area contributed by atoms with Crippen molar-refractivity contribution in [3.8, 4) is 0 Å². The van der Waals surface area contributed by atoms with Gasteiger partial charge in [-0.2, -0.15) is 13.2 Å². The van der Waals surface area contributed by atoms with Gasteiger partial charge < -0.3 is 15.2 Å². The zero-order chi connectivity index (χ0) is 16.8. The number of nitrogens with one attached hydrogen (secondary N) is 1. The highest BCUT2D eigenvalue weighted by molar-refractivity contribution is 5.97. The third-order valence-corrected chi connectivity index (χ3v) is 2.60. The largest absolute Gasteiger partial charge is 0.467 e. The number of esters is 1. The van der Waals surface area contributed by atoms with Gasteiger partial charge in [-0.25, -0.2) is 4.79 Å². The predicted octanol–water partition coefficient (Wildman–Crippen LogP) is 1.44. The first-order valence-corrected chi connectivity index (χ1v) is 6.12. The van der Waals surface area contributed by atoms with E-state index in [-0.39, 0.29) is 5.56 Å². The van der Waals surface area contributed by atoms with Crippen LogP contribution in [0.5, 0.6) is 0 Å². The van der Waals surface area contributed by atoms with Crippen LogP contribution >= 0.6 is 0 Å². The molecule has 0 aromatic heterocycles. The molecule has 0 saturated heterocycles. The van der Waals surface area contributed by atoms with Gasteiger partial charge in [0.15, 0.2) is 6.10 Å². The Balaban J connectivity index is 2.84. The monoisotopic (exact) mass is 317 g/mol. The molecule has 0 aliphatic rings. The van der Waals surface area contributed by atoms with Gasteiger partial charge in [-0.3, -0.25) is 4.79 Å². The van der Waals surface area contributed by atoms with Crippen LogP contribution in [0.25, 0.3) is 0 Å². The number of benzene rings is 1. The molecule has 0 aliphatic carbocycles. The van der Waals surface area contributed by atoms with Crippen molar-refractivity contribution in [1.29, 1.82) is 0 Å². The highest BCUT2D eigenvalue weighted by Gasteiger charge is 2.36. The first-order valence-electron chi connectivity index (χ1n) is 6.12. The van der Waals surface area contributed by atoms with Gasteiger partial charge >= 0.3 is 12.1 Å². The summed E-state index contributed by atoms with van der Waals surface area (Å²) in [6, 6.07) is 6.34. The number of carbonyl (C=O) groups excluding carboxylic acids is 2. The van der Waals surface area contributed by atoms with E-state index in [4.69, 9.17) is 5.11 Å². The lowest BCUT2D eigenvalue weighted by molar-refractivity contribution is -0.187. The molecule has 0 bridgehead atoms. The molecule has 2 N–H and O–H groups in total. The number of amides is 1. The molecule has 0 unspecified atom stereocenters. The summed E-state index contributed by atoms with van der Waals surface area (Å²) >= 11 is 0. The average Bonchev–Trinajstić information content (AvgIpc) is 2.49. The molecule has 22 heavy (non-hydrogen) atoms. The molecule has 0 heterocycles. The second kappa shape index (κ2) is 7.60. The summed E-state index contributed by atoms with van der Waals surface area (Å²) in [7, 11) is 1.03. The molecule has 0 saturated carbocycles. The van der Waals surface area contributed by atoms with Crippen molar-refractivity contribution in [2.24, 2.45) is 0 Å². The molecular weight excluding hydrogens is 303 g/mol. The van der Waals surface area contributed by atoms with Gasteiger partial charge in [0, 0.05) is 5.56 Å². The molecule has 0 fully saturated rings. The van der Waals surface area contributed by atoms with E-state index >= 15 is 0 Å². The lowest BCUT2D eigenvalue weighted by Gasteiger charge is -2.15. The van der Waals surface area contributed by atoms with Gasteiger partial charge in [-0.15, -0.1) is 0 Å². The fourth-order valence-electron chi connectivity index (χ4n) is 1.45. The Hall–Kier alpha value is -2.35. The number of methoxy groups -OCH3 is 1. The van der Waals surface area contributed by atoms with Gasteiger partial charge in [0.1, 0.15) is 6.04 Å². The van der Waals surface area contributed by atoms with Crippen molar-refractivity contribution in [3.63, 3.8) is 0 Å². The van der Waals surface area contributed by atoms with Crippen LogP contribution in [0.1, 0.15) is 10.4 Å². The molecule has 8 heteroatoms. The number of rotatable bonds is 5. The Kier molecular flexibility index (Phi) is 6.11. The number of aliphatic hydroxyl groups excluding tert-OH is 1. The maximum absolute atomic E-state index is 12.2. The van der Waals surface area contributed by atoms with Crippen molar-refractivity contribution in [1.82, 2.24) is 5.32 Å². The molecule has 120 valence electrons. The summed E-state index contributed by atoms with van der Waals surface area (Å²) in [5, 5.41) is 11.1. The molecule has 1 aromatic rings. The lowest BCUT2D eigenvalue weighted by atomic mass is 10.1. The second-order valence-corrected chi connectivity index (χ2v) is 4.21. The van der Waals surface area contributed by atoms with E-state index in [9.17, 15) is 22.8 Å². The highest BCUT2D eigenvalue weighted by atomic mass is 19.4. The van der Waals surface area contributed by atoms with E-state index in [1.165, 1.54) is 12.1 Å². The van der Waals surface area contributed by atoms with Crippen molar-refractivity contribution < 1.29 is 32.6 Å². The molecule has 5 nitrogen and oxygen atoms in total. The molecule has 2 atom stereocenters. The van der Waals surface area contributed by atoms with E-state index in [0.717, 1.165) is 13.2 Å². The number of aliphatic hydroxyl groups is 1. The quantitative estimate of drug-likeness (QED) is 0.636. The fraction of sp³-hybridized carbons (Fsp3) is 0.286. The number of halogens is 3. The van der Waals surface area contributed by atoms with Gasteiger partial charge in [0.05, 0.1) is 7.11 Å². The van der Waals surface area contributed by atoms with Gasteiger partial charge in [-0.1, -0.05) is 24.3 Å². The second-order valence-electron chi connectivity index (χ2n) is 4.21. The molecular formula is C14H14F3NO4. The smallest absolute Gasteiger partial charge is 0.417 e. The van der Waals surface area contributed by atoms with Crippen molar-refractivity contribution in [2.75, 3.05) is 7.11 Å². The van der Waals surface area contributed by atoms with Crippen LogP contribution in [-0.2, 0) is 9.53 Å². The minimum atomic E-state index is -4.86. The number of hydrogen-bond donors (Lipinski definition) is 2. The highest BCUT2D eigenvalue weighted by Crippen LogP contribution is 2.20. The SMILES string of the molecule is COC(=O)[C@H](/C=C/[C@@H](O)C(F)(F)F)NC(=O)c1ccccc1. The van der Waals surface area contributed by atoms with Crippen LogP contribution in [0.2, 0.25) is 0 Å². The first-order chi connectivity index (χ1) is 10.3. The van der Waals surface area contributed by atoms with Crippen LogP contribution in [-0.4, -0.2) is 42.4 Å². The van der Waals surface area contributed by atoms with Crippen LogP contribution < -0.4 is 5.32 Å². The van der Waals surface area contributed by atoms with E-state index in [0.29, 0.717) is 6.08 Å². The molecule has 0 spiro atoms. The molecule has 1 aromatic carbocycles. The summed E-state index contributed by atoms with van der Waals surface area (Å²) in [5.74, 6) is -1.63. The Morgan fingerprint density at radius 2 is 1.82 bits per heavy atom. The Bertz CT molecular complexity index is 543. The fourth-order valence-corrected chi connectivity index (χ4v) is 1.45. The summed E-state index contributed by atoms with van der Waals surface area (Å²) in [5.41, 5.74) is 0.223. The van der Waals surface area contributed by atoms with E-state index in [2.05, 4.69) is 10.1 Å². The van der Waals surface area contributed by atoms with Crippen molar-refractivity contribution in [3.05, 3.63) is 48.0 Å². The topological polar surface area (TPSA) is 75.6 Å². The zero-order valence-electron chi connectivity index (χ0n) is 11.5. The minimum Gasteiger partial charge on any atom is -0.467 e. The molecule has 1 amide bonds. The standard InChI is InChI=1S/C14H14F3NO4/c1-22-13(21)10(7-8-11(19)14(15,16)17)18-12(20)9-5-3-2-4-6-9/h2-8,10-11,19H,1H3,(H,18,20)/b8-7+/t10-,11+/m0/s1. The number of ether oxygens (including phenoxy) is 1. The first kappa shape index (κ1) is 17.7. The molecule has 0 aliphatic heterocycles. The average molecular weight is 317 g/mol. The minimum absolute atomic E-state index is 0.223.